The fourth-order valence-corrected chi connectivity index (χ4v) is 2.70. The predicted molar refractivity (Wildman–Crippen MR) is 92.9 cm³/mol. The van der Waals surface area contributed by atoms with E-state index in [1.54, 1.807) is 0 Å². The van der Waals surface area contributed by atoms with Crippen molar-refractivity contribution in [3.8, 4) is 0 Å². The summed E-state index contributed by atoms with van der Waals surface area (Å²) in [6.45, 7) is 2.43. The summed E-state index contributed by atoms with van der Waals surface area (Å²) in [5, 5.41) is 12.8. The molecule has 0 aliphatic heterocycles. The minimum Gasteiger partial charge on any atom is -0.550 e. The van der Waals surface area contributed by atoms with E-state index in [-0.39, 0.29) is 70.3 Å². The van der Waals surface area contributed by atoms with Gasteiger partial charge in [-0.2, -0.15) is 0 Å². The smallest absolute Gasteiger partial charge is 0.550 e. The molecule has 1 N–H and O–H groups in total. The van der Waals surface area contributed by atoms with Crippen LogP contribution in [0.15, 0.2) is 0 Å². The van der Waals surface area contributed by atoms with Crippen molar-refractivity contribution in [2.75, 3.05) is 6.54 Å². The van der Waals surface area contributed by atoms with Crippen molar-refractivity contribution in [3.05, 3.63) is 0 Å². The van der Waals surface area contributed by atoms with E-state index in [0.717, 1.165) is 12.8 Å². The van der Waals surface area contributed by atoms with E-state index in [9.17, 15) is 14.7 Å². The molecule has 0 bridgehead atoms. The third-order valence-corrected chi connectivity index (χ3v) is 4.16. The van der Waals surface area contributed by atoms with E-state index in [1.165, 1.54) is 70.6 Å². The number of carboxylic acids is 1. The number of carbonyl (C=O) groups is 2. The molecule has 1 amide bonds. The minimum atomic E-state index is -1.12. The molecule has 0 saturated heterocycles. The Morgan fingerprint density at radius 2 is 1.12 bits per heavy atom. The number of carboxylic acid groups (broad SMARTS) is 1. The van der Waals surface area contributed by atoms with Crippen LogP contribution < -0.4 is 61.8 Å². The molecule has 0 aliphatic carbocycles. The Kier molecular flexibility index (Phi) is 24.1. The van der Waals surface area contributed by atoms with Crippen molar-refractivity contribution in [3.63, 3.8) is 0 Å². The van der Waals surface area contributed by atoms with Gasteiger partial charge in [0.05, 0.1) is 0 Å². The second kappa shape index (κ2) is 21.6. The maximum absolute atomic E-state index is 11.4. The van der Waals surface area contributed by atoms with Gasteiger partial charge in [0.1, 0.15) is 0 Å². The Labute approximate surface area is 191 Å². The molecule has 0 aromatic heterocycles. The molecule has 0 saturated carbocycles. The van der Waals surface area contributed by atoms with Crippen molar-refractivity contribution in [2.45, 2.75) is 103 Å². The minimum absolute atomic E-state index is 0. The van der Waals surface area contributed by atoms with E-state index in [4.69, 9.17) is 0 Å². The van der Waals surface area contributed by atoms with Crippen molar-refractivity contribution in [1.29, 1.82) is 0 Å². The summed E-state index contributed by atoms with van der Waals surface area (Å²) < 4.78 is 0. The van der Waals surface area contributed by atoms with Gasteiger partial charge in [-0.05, 0) is 6.42 Å². The van der Waals surface area contributed by atoms with Gasteiger partial charge in [-0.1, -0.05) is 84.0 Å². The number of nitrogens with one attached hydrogen (secondary N) is 1. The summed E-state index contributed by atoms with van der Waals surface area (Å²) in [7, 11) is 0. The molecule has 5 heteroatoms. The van der Waals surface area contributed by atoms with Gasteiger partial charge in [0.25, 0.3) is 0 Å². The van der Waals surface area contributed by atoms with Crippen LogP contribution in [-0.2, 0) is 9.59 Å². The summed E-state index contributed by atoms with van der Waals surface area (Å²) in [4.78, 5) is 21.6. The average molecular weight is 366 g/mol. The third kappa shape index (κ3) is 22.6. The van der Waals surface area contributed by atoms with Gasteiger partial charge >= 0.3 is 51.4 Å². The number of carbonyl (C=O) groups excluding carboxylic acids is 2. The van der Waals surface area contributed by atoms with E-state index in [2.05, 4.69) is 12.2 Å². The maximum atomic E-state index is 11.4. The molecule has 0 aromatic carbocycles. The van der Waals surface area contributed by atoms with Crippen molar-refractivity contribution < 1.29 is 66.1 Å². The molecule has 136 valence electrons. The summed E-state index contributed by atoms with van der Waals surface area (Å²) >= 11 is 0. The SMILES string of the molecule is CCCCCCCCCCCCCCCC(=O)NCCC(=O)[O-].[K+]. The Morgan fingerprint density at radius 1 is 0.708 bits per heavy atom. The third-order valence-electron chi connectivity index (χ3n) is 4.16. The van der Waals surface area contributed by atoms with E-state index in [0.29, 0.717) is 6.42 Å². The normalized spacial score (nSPS) is 10.2. The predicted octanol–water partition coefficient (Wildman–Crippen LogP) is 0.728. The summed E-state index contributed by atoms with van der Waals surface area (Å²) in [5.74, 6) is -1.17. The first-order valence-electron chi connectivity index (χ1n) is 9.63. The molecule has 0 fully saturated rings. The van der Waals surface area contributed by atoms with Gasteiger partial charge in [-0.25, -0.2) is 0 Å². The average Bonchev–Trinajstić information content (AvgIpc) is 2.51. The van der Waals surface area contributed by atoms with E-state index in [1.807, 2.05) is 0 Å². The van der Waals surface area contributed by atoms with Crippen LogP contribution in [0.3, 0.4) is 0 Å². The molecule has 0 heterocycles. The number of hydrogen-bond acceptors (Lipinski definition) is 3. The second-order valence-corrected chi connectivity index (χ2v) is 6.46. The van der Waals surface area contributed by atoms with Gasteiger partial charge in [0.2, 0.25) is 5.91 Å². The number of hydrogen-bond donors (Lipinski definition) is 1. The first-order valence-corrected chi connectivity index (χ1v) is 9.63. The molecular weight excluding hydrogens is 329 g/mol. The molecule has 0 rings (SSSR count). The number of aliphatic carboxylic acids is 1. The van der Waals surface area contributed by atoms with Crippen LogP contribution in [0.4, 0.5) is 0 Å². The molecule has 0 aliphatic rings. The van der Waals surface area contributed by atoms with Crippen LogP contribution in [0.5, 0.6) is 0 Å². The quantitative estimate of drug-likeness (QED) is 0.305. The van der Waals surface area contributed by atoms with Crippen LogP contribution in [0.25, 0.3) is 0 Å². The Morgan fingerprint density at radius 3 is 1.54 bits per heavy atom. The van der Waals surface area contributed by atoms with Crippen LogP contribution in [0.1, 0.15) is 103 Å². The molecule has 0 spiro atoms. The number of amides is 1. The summed E-state index contributed by atoms with van der Waals surface area (Å²) in [5.41, 5.74) is 0. The topological polar surface area (TPSA) is 69.2 Å². The van der Waals surface area contributed by atoms with Crippen molar-refractivity contribution in [2.24, 2.45) is 0 Å². The molecular formula is C19H36KNO3. The fraction of sp³-hybridized carbons (Fsp3) is 0.895. The number of unbranched alkanes of at least 4 members (excludes halogenated alkanes) is 12. The zero-order valence-electron chi connectivity index (χ0n) is 16.0. The van der Waals surface area contributed by atoms with E-state index >= 15 is 0 Å². The second-order valence-electron chi connectivity index (χ2n) is 6.46. The molecule has 0 radical (unpaired) electrons. The van der Waals surface area contributed by atoms with Crippen LogP contribution in [0.2, 0.25) is 0 Å². The number of rotatable bonds is 17. The van der Waals surface area contributed by atoms with Crippen molar-refractivity contribution in [1.82, 2.24) is 5.32 Å². The molecule has 0 atom stereocenters. The standard InChI is InChI=1S/C19H37NO3.K/c1-2-3-4-5-6-7-8-9-10-11-12-13-14-15-18(21)20-17-16-19(22)23;/h2-17H2,1H3,(H,20,21)(H,22,23);/q;+1/p-1. The first-order chi connectivity index (χ1) is 11.2. The van der Waals surface area contributed by atoms with Gasteiger partial charge in [0, 0.05) is 25.4 Å². The first kappa shape index (κ1) is 26.8. The fourth-order valence-electron chi connectivity index (χ4n) is 2.70. The Bertz CT molecular complexity index is 298. The van der Waals surface area contributed by atoms with Crippen LogP contribution in [-0.4, -0.2) is 18.4 Å². The monoisotopic (exact) mass is 365 g/mol. The Hall–Kier alpha value is 0.576. The van der Waals surface area contributed by atoms with Gasteiger partial charge in [-0.15, -0.1) is 0 Å². The molecule has 24 heavy (non-hydrogen) atoms. The summed E-state index contributed by atoms with van der Waals surface area (Å²) in [6.07, 6.45) is 17.2. The zero-order valence-corrected chi connectivity index (χ0v) is 19.2. The van der Waals surface area contributed by atoms with E-state index < -0.39 is 5.97 Å². The molecule has 4 nitrogen and oxygen atoms in total. The zero-order chi connectivity index (χ0) is 17.2. The largest absolute Gasteiger partial charge is 1.00 e. The summed E-state index contributed by atoms with van der Waals surface area (Å²) in [6, 6.07) is 0. The van der Waals surface area contributed by atoms with Gasteiger partial charge < -0.3 is 15.2 Å². The van der Waals surface area contributed by atoms with Crippen LogP contribution in [0, 0.1) is 0 Å². The maximum Gasteiger partial charge on any atom is 1.00 e. The van der Waals surface area contributed by atoms with Gasteiger partial charge in [-0.3, -0.25) is 4.79 Å². The van der Waals surface area contributed by atoms with Gasteiger partial charge in [0.15, 0.2) is 0 Å². The van der Waals surface area contributed by atoms with Crippen molar-refractivity contribution >= 4 is 11.9 Å². The molecule has 0 unspecified atom stereocenters. The Balaban J connectivity index is 0. The van der Waals surface area contributed by atoms with Crippen LogP contribution >= 0.6 is 0 Å². The molecule has 0 aromatic rings.